The van der Waals surface area contributed by atoms with Crippen molar-refractivity contribution < 1.29 is 58.8 Å². The molecule has 2 aromatic rings. The SMILES string of the molecule is CCCCCCNCCOc1c(O[C@H]2O[C@H](CO)[C@]3(O)[C@H](O)[C@]2(O)[C@H]2[C@@H]4C=C[C@H](O)[C@]2(CO)C=C[C@H]43)c(CCC(=O)OCC)cc2ccoc12. The summed E-state index contributed by atoms with van der Waals surface area (Å²) in [5, 5.41) is 73.4. The quantitative estimate of drug-likeness (QED) is 0.0716. The third kappa shape index (κ3) is 5.95. The van der Waals surface area contributed by atoms with Gasteiger partial charge in [-0.3, -0.25) is 4.79 Å². The van der Waals surface area contributed by atoms with Crippen LogP contribution in [0.3, 0.4) is 0 Å². The van der Waals surface area contributed by atoms with Gasteiger partial charge in [0.15, 0.2) is 16.9 Å². The maximum Gasteiger partial charge on any atom is 0.306 e. The second kappa shape index (κ2) is 14.9. The van der Waals surface area contributed by atoms with Crippen LogP contribution >= 0.6 is 0 Å². The Morgan fingerprint density at radius 1 is 1.02 bits per heavy atom. The van der Waals surface area contributed by atoms with Gasteiger partial charge in [0.25, 0.3) is 0 Å². The number of benzene rings is 1. The van der Waals surface area contributed by atoms with E-state index < -0.39 is 78.2 Å². The van der Waals surface area contributed by atoms with Crippen molar-refractivity contribution in [1.82, 2.24) is 5.32 Å². The third-order valence-electron chi connectivity index (χ3n) is 11.2. The number of esters is 1. The van der Waals surface area contributed by atoms with Crippen molar-refractivity contribution in [3.8, 4) is 11.5 Å². The summed E-state index contributed by atoms with van der Waals surface area (Å²) in [4.78, 5) is 12.5. The number of fused-ring (bicyclic) bond motifs is 4. The molecule has 13 nitrogen and oxygen atoms in total. The average Bonchev–Trinajstić information content (AvgIpc) is 3.58. The Morgan fingerprint density at radius 3 is 2.58 bits per heavy atom. The van der Waals surface area contributed by atoms with Gasteiger partial charge in [-0.15, -0.1) is 0 Å². The van der Waals surface area contributed by atoms with Crippen LogP contribution < -0.4 is 14.8 Å². The molecular formula is C37H51NO12. The Morgan fingerprint density at radius 2 is 1.84 bits per heavy atom. The maximum atomic E-state index is 12.8. The maximum absolute atomic E-state index is 12.8. The number of aliphatic hydroxyl groups excluding tert-OH is 4. The number of aliphatic hydroxyl groups is 6. The Bertz CT molecular complexity index is 1560. The van der Waals surface area contributed by atoms with E-state index in [4.69, 9.17) is 23.4 Å². The number of allylic oxidation sites excluding steroid dienone is 1. The molecule has 13 heteroatoms. The second-order valence-corrected chi connectivity index (χ2v) is 14.0. The molecule has 1 saturated carbocycles. The fourth-order valence-corrected chi connectivity index (χ4v) is 8.69. The number of unbranched alkanes of at least 4 members (excludes halogenated alkanes) is 3. The van der Waals surface area contributed by atoms with Gasteiger partial charge in [0.1, 0.15) is 24.4 Å². The minimum absolute atomic E-state index is 0.00840. The summed E-state index contributed by atoms with van der Waals surface area (Å²) in [7, 11) is 0. The molecule has 6 rings (SSSR count). The Kier molecular flexibility index (Phi) is 11.0. The first kappa shape index (κ1) is 36.8. The van der Waals surface area contributed by atoms with Crippen LogP contribution in [0.15, 0.2) is 47.1 Å². The highest BCUT2D eigenvalue weighted by atomic mass is 16.7. The first-order chi connectivity index (χ1) is 24.1. The summed E-state index contributed by atoms with van der Waals surface area (Å²) in [6.07, 6.45) is 6.12. The highest BCUT2D eigenvalue weighted by Crippen LogP contribution is 2.64. The monoisotopic (exact) mass is 701 g/mol. The third-order valence-corrected chi connectivity index (χ3v) is 11.2. The van der Waals surface area contributed by atoms with Gasteiger partial charge in [0.2, 0.25) is 12.0 Å². The molecular weight excluding hydrogens is 650 g/mol. The lowest BCUT2D eigenvalue weighted by atomic mass is 9.42. The number of nitrogens with one attached hydrogen (secondary N) is 1. The molecule has 0 spiro atoms. The zero-order valence-electron chi connectivity index (χ0n) is 28.7. The summed E-state index contributed by atoms with van der Waals surface area (Å²) in [5.41, 5.74) is -5.22. The number of carbonyl (C=O) groups is 1. The van der Waals surface area contributed by atoms with Crippen LogP contribution in [-0.2, 0) is 20.7 Å². The molecule has 2 fully saturated rings. The lowest BCUT2D eigenvalue weighted by Gasteiger charge is -2.69. The Labute approximate surface area is 291 Å². The molecule has 2 heterocycles. The fourth-order valence-electron chi connectivity index (χ4n) is 8.69. The number of ether oxygens (including phenoxy) is 4. The van der Waals surface area contributed by atoms with Crippen LogP contribution in [-0.4, -0.2) is 112 Å². The van der Waals surface area contributed by atoms with Gasteiger partial charge < -0.3 is 59.3 Å². The fraction of sp³-hybridized carbons (Fsp3) is 0.649. The van der Waals surface area contributed by atoms with Crippen LogP contribution in [0.25, 0.3) is 11.0 Å². The topological polar surface area (TPSA) is 201 Å². The molecule has 1 aromatic carbocycles. The standard InChI is InChI=1S/C37H51NO12/c1-3-5-6-7-15-38-16-18-48-31-29-23(13-17-47-29)19-22(8-11-28(42)46-4-2)30(31)50-34-37(45)32-24-9-10-26(41)35(32,21-40)14-12-25(24)36(44,33(37)43)27(20-39)49-34/h9-10,12-14,17,19,24-27,32-34,38-41,43-45H,3-8,11,15-16,18,20-21H2,1-2H3/t24-,25-,26+,27-,32+,33+,34-,35-,36+,37-/m1/s1. The van der Waals surface area contributed by atoms with E-state index in [-0.39, 0.29) is 37.6 Å². The van der Waals surface area contributed by atoms with Crippen molar-refractivity contribution in [2.45, 2.75) is 88.2 Å². The average molecular weight is 702 g/mol. The smallest absolute Gasteiger partial charge is 0.306 e. The molecule has 1 aromatic heterocycles. The van der Waals surface area contributed by atoms with Gasteiger partial charge in [0, 0.05) is 35.6 Å². The number of aryl methyl sites for hydroxylation is 1. The van der Waals surface area contributed by atoms with Crippen LogP contribution in [0.1, 0.15) is 51.5 Å². The lowest BCUT2D eigenvalue weighted by molar-refractivity contribution is -0.408. The van der Waals surface area contributed by atoms with E-state index in [1.54, 1.807) is 37.3 Å². The van der Waals surface area contributed by atoms with Crippen molar-refractivity contribution in [2.24, 2.45) is 23.2 Å². The summed E-state index contributed by atoms with van der Waals surface area (Å²) in [6.45, 7) is 4.31. The van der Waals surface area contributed by atoms with E-state index in [0.29, 0.717) is 23.1 Å². The largest absolute Gasteiger partial charge is 0.485 e. The molecule has 0 unspecified atom stereocenters. The van der Waals surface area contributed by atoms with Gasteiger partial charge in [-0.2, -0.15) is 0 Å². The van der Waals surface area contributed by atoms with Crippen molar-refractivity contribution in [2.75, 3.05) is 39.5 Å². The van der Waals surface area contributed by atoms with E-state index in [1.165, 1.54) is 18.8 Å². The minimum atomic E-state index is -2.44. The van der Waals surface area contributed by atoms with E-state index in [2.05, 4.69) is 12.2 Å². The molecule has 0 radical (unpaired) electrons. The molecule has 1 saturated heterocycles. The molecule has 0 amide bonds. The molecule has 10 atom stereocenters. The Hall–Kier alpha value is -3.01. The zero-order chi connectivity index (χ0) is 35.7. The van der Waals surface area contributed by atoms with E-state index in [0.717, 1.165) is 25.8 Å². The number of hydrogen-bond acceptors (Lipinski definition) is 13. The predicted molar refractivity (Wildman–Crippen MR) is 180 cm³/mol. The van der Waals surface area contributed by atoms with Crippen molar-refractivity contribution >= 4 is 16.9 Å². The van der Waals surface area contributed by atoms with Crippen molar-refractivity contribution in [3.05, 3.63) is 48.3 Å². The normalized spacial score (nSPS) is 35.3. The zero-order valence-corrected chi connectivity index (χ0v) is 28.7. The van der Waals surface area contributed by atoms with Crippen molar-refractivity contribution in [3.63, 3.8) is 0 Å². The van der Waals surface area contributed by atoms with Gasteiger partial charge in [-0.05, 0) is 49.9 Å². The van der Waals surface area contributed by atoms with Gasteiger partial charge in [-0.25, -0.2) is 0 Å². The van der Waals surface area contributed by atoms with Gasteiger partial charge in [-0.1, -0.05) is 50.5 Å². The lowest BCUT2D eigenvalue weighted by Crippen LogP contribution is -2.85. The number of furan rings is 1. The molecule has 7 N–H and O–H groups in total. The van der Waals surface area contributed by atoms with Gasteiger partial charge >= 0.3 is 5.97 Å². The summed E-state index contributed by atoms with van der Waals surface area (Å²) < 4.78 is 30.2. The molecule has 276 valence electrons. The molecule has 50 heavy (non-hydrogen) atoms. The molecule has 1 aliphatic heterocycles. The molecule has 4 aliphatic rings. The van der Waals surface area contributed by atoms with Crippen LogP contribution in [0.2, 0.25) is 0 Å². The minimum Gasteiger partial charge on any atom is -0.485 e. The van der Waals surface area contributed by atoms with Crippen LogP contribution in [0.5, 0.6) is 11.5 Å². The summed E-state index contributed by atoms with van der Waals surface area (Å²) >= 11 is 0. The molecule has 6 bridgehead atoms. The number of hydrogen-bond donors (Lipinski definition) is 7. The highest BCUT2D eigenvalue weighted by Gasteiger charge is 2.78. The van der Waals surface area contributed by atoms with E-state index in [1.807, 2.05) is 0 Å². The first-order valence-electron chi connectivity index (χ1n) is 17.9. The van der Waals surface area contributed by atoms with Crippen LogP contribution in [0, 0.1) is 23.2 Å². The first-order valence-corrected chi connectivity index (χ1v) is 17.9. The van der Waals surface area contributed by atoms with Crippen LogP contribution in [0.4, 0.5) is 0 Å². The van der Waals surface area contributed by atoms with E-state index in [9.17, 15) is 35.4 Å². The number of rotatable bonds is 17. The summed E-state index contributed by atoms with van der Waals surface area (Å²) in [5.74, 6) is -2.77. The van der Waals surface area contributed by atoms with Gasteiger partial charge in [0.05, 0.1) is 32.2 Å². The number of carbonyl (C=O) groups excluding carboxylic acids is 1. The van der Waals surface area contributed by atoms with E-state index >= 15 is 0 Å². The predicted octanol–water partition coefficient (Wildman–Crippen LogP) is 1.74. The molecule has 3 aliphatic carbocycles. The second-order valence-electron chi connectivity index (χ2n) is 14.0. The Balaban J connectivity index is 1.41. The van der Waals surface area contributed by atoms with Crippen molar-refractivity contribution in [1.29, 1.82) is 0 Å². The highest BCUT2D eigenvalue weighted by molar-refractivity contribution is 5.87. The summed E-state index contributed by atoms with van der Waals surface area (Å²) in [6, 6.07) is 3.52.